The van der Waals surface area contributed by atoms with Crippen LogP contribution in [-0.2, 0) is 20.8 Å². The predicted octanol–water partition coefficient (Wildman–Crippen LogP) is 4.40. The summed E-state index contributed by atoms with van der Waals surface area (Å²) in [4.78, 5) is 37.6. The summed E-state index contributed by atoms with van der Waals surface area (Å²) in [5.41, 5.74) is 2.42. The standard InChI is InChI=1S/C20H26BrN3O5S/c1-6-10-29-19(26)15-11(3)17(20(27)28-7-2)30-18(15)22-14(25)8-9-24-13(5)16(21)12(4)23-24/h6-10H2,1-5H3,(H,22,25). The van der Waals surface area contributed by atoms with Crippen LogP contribution >= 0.6 is 27.3 Å². The number of carbonyl (C=O) groups is 3. The first-order chi connectivity index (χ1) is 14.2. The van der Waals surface area contributed by atoms with Crippen molar-refractivity contribution in [3.63, 3.8) is 0 Å². The minimum Gasteiger partial charge on any atom is -0.462 e. The van der Waals surface area contributed by atoms with E-state index in [0.29, 0.717) is 18.5 Å². The van der Waals surface area contributed by atoms with Gasteiger partial charge in [0.15, 0.2) is 0 Å². The average Bonchev–Trinajstić information content (AvgIpc) is 3.15. The van der Waals surface area contributed by atoms with Crippen molar-refractivity contribution in [1.29, 1.82) is 0 Å². The Balaban J connectivity index is 2.21. The molecule has 2 aromatic heterocycles. The smallest absolute Gasteiger partial charge is 0.348 e. The van der Waals surface area contributed by atoms with Crippen LogP contribution in [0.1, 0.15) is 63.7 Å². The van der Waals surface area contributed by atoms with Crippen LogP contribution in [0.25, 0.3) is 0 Å². The second kappa shape index (κ2) is 10.7. The minimum absolute atomic E-state index is 0.156. The zero-order valence-electron chi connectivity index (χ0n) is 17.8. The fourth-order valence-electron chi connectivity index (χ4n) is 2.79. The summed E-state index contributed by atoms with van der Waals surface area (Å²) in [5.74, 6) is -1.39. The zero-order chi connectivity index (χ0) is 22.4. The van der Waals surface area contributed by atoms with Gasteiger partial charge in [0.2, 0.25) is 5.91 Å². The molecule has 0 unspecified atom stereocenters. The molecule has 164 valence electrons. The molecule has 30 heavy (non-hydrogen) atoms. The van der Waals surface area contributed by atoms with E-state index in [9.17, 15) is 14.4 Å². The molecule has 0 spiro atoms. The van der Waals surface area contributed by atoms with Gasteiger partial charge in [-0.25, -0.2) is 9.59 Å². The van der Waals surface area contributed by atoms with Crippen molar-refractivity contribution in [2.75, 3.05) is 18.5 Å². The highest BCUT2D eigenvalue weighted by Crippen LogP contribution is 2.34. The Bertz CT molecular complexity index is 951. The Morgan fingerprint density at radius 1 is 1.13 bits per heavy atom. The van der Waals surface area contributed by atoms with Crippen molar-refractivity contribution in [2.24, 2.45) is 0 Å². The quantitative estimate of drug-likeness (QED) is 0.513. The molecule has 10 heteroatoms. The number of hydrogen-bond acceptors (Lipinski definition) is 7. The van der Waals surface area contributed by atoms with Crippen LogP contribution in [0, 0.1) is 20.8 Å². The van der Waals surface area contributed by atoms with E-state index in [-0.39, 0.29) is 41.0 Å². The molecule has 1 N–H and O–H groups in total. The maximum Gasteiger partial charge on any atom is 0.348 e. The van der Waals surface area contributed by atoms with Crippen molar-refractivity contribution in [3.05, 3.63) is 31.9 Å². The number of amides is 1. The lowest BCUT2D eigenvalue weighted by Gasteiger charge is -2.08. The fourth-order valence-corrected chi connectivity index (χ4v) is 4.18. The van der Waals surface area contributed by atoms with Crippen LogP contribution in [0.15, 0.2) is 4.47 Å². The number of carbonyl (C=O) groups excluding carboxylic acids is 3. The first-order valence-corrected chi connectivity index (χ1v) is 11.3. The van der Waals surface area contributed by atoms with Gasteiger partial charge < -0.3 is 14.8 Å². The monoisotopic (exact) mass is 499 g/mol. The molecule has 0 saturated carbocycles. The number of hydrogen-bond donors (Lipinski definition) is 1. The molecule has 2 rings (SSSR count). The summed E-state index contributed by atoms with van der Waals surface area (Å²) in [6, 6.07) is 0. The van der Waals surface area contributed by atoms with Crippen molar-refractivity contribution in [3.8, 4) is 0 Å². The summed E-state index contributed by atoms with van der Waals surface area (Å²) in [5, 5.41) is 7.43. The number of nitrogens with zero attached hydrogens (tertiary/aromatic N) is 2. The van der Waals surface area contributed by atoms with E-state index in [2.05, 4.69) is 26.3 Å². The second-order valence-electron chi connectivity index (χ2n) is 6.62. The Hall–Kier alpha value is -2.20. The van der Waals surface area contributed by atoms with Gasteiger partial charge in [0.1, 0.15) is 9.88 Å². The van der Waals surface area contributed by atoms with E-state index in [1.807, 2.05) is 20.8 Å². The highest BCUT2D eigenvalue weighted by atomic mass is 79.9. The molecular weight excluding hydrogens is 474 g/mol. The second-order valence-corrected chi connectivity index (χ2v) is 8.44. The van der Waals surface area contributed by atoms with Gasteiger partial charge >= 0.3 is 11.9 Å². The van der Waals surface area contributed by atoms with E-state index in [0.717, 1.165) is 27.2 Å². The van der Waals surface area contributed by atoms with Gasteiger partial charge in [0, 0.05) is 12.1 Å². The van der Waals surface area contributed by atoms with Crippen LogP contribution in [-0.4, -0.2) is 40.8 Å². The van der Waals surface area contributed by atoms with Gasteiger partial charge in [-0.3, -0.25) is 9.48 Å². The Labute approximate surface area is 188 Å². The van der Waals surface area contributed by atoms with Crippen LogP contribution in [0.4, 0.5) is 5.00 Å². The van der Waals surface area contributed by atoms with Gasteiger partial charge in [-0.15, -0.1) is 11.3 Å². The van der Waals surface area contributed by atoms with Crippen molar-refractivity contribution < 1.29 is 23.9 Å². The third-order valence-electron chi connectivity index (χ3n) is 4.35. The Morgan fingerprint density at radius 2 is 1.83 bits per heavy atom. The molecule has 0 aliphatic carbocycles. The lowest BCUT2D eigenvalue weighted by molar-refractivity contribution is -0.116. The molecule has 0 bridgehead atoms. The van der Waals surface area contributed by atoms with Gasteiger partial charge in [0.25, 0.3) is 0 Å². The molecule has 0 aliphatic heterocycles. The average molecular weight is 500 g/mol. The van der Waals surface area contributed by atoms with Gasteiger partial charge in [0.05, 0.1) is 35.5 Å². The highest BCUT2D eigenvalue weighted by molar-refractivity contribution is 9.10. The zero-order valence-corrected chi connectivity index (χ0v) is 20.2. The maximum atomic E-state index is 12.6. The van der Waals surface area contributed by atoms with E-state index in [4.69, 9.17) is 9.47 Å². The Morgan fingerprint density at radius 3 is 2.40 bits per heavy atom. The van der Waals surface area contributed by atoms with Crippen molar-refractivity contribution in [1.82, 2.24) is 9.78 Å². The third kappa shape index (κ3) is 5.48. The number of esters is 2. The molecular formula is C20H26BrN3O5S. The van der Waals surface area contributed by atoms with Crippen molar-refractivity contribution >= 4 is 50.1 Å². The van der Waals surface area contributed by atoms with Crippen LogP contribution in [0.3, 0.4) is 0 Å². The first-order valence-electron chi connectivity index (χ1n) is 9.68. The summed E-state index contributed by atoms with van der Waals surface area (Å²) < 4.78 is 13.0. The van der Waals surface area contributed by atoms with Crippen LogP contribution < -0.4 is 5.32 Å². The topological polar surface area (TPSA) is 99.5 Å². The number of aromatic nitrogens is 2. The first kappa shape index (κ1) is 24.1. The largest absolute Gasteiger partial charge is 0.462 e. The molecule has 0 radical (unpaired) electrons. The summed E-state index contributed by atoms with van der Waals surface area (Å²) in [6.45, 7) is 9.89. The number of rotatable bonds is 9. The molecule has 0 aromatic carbocycles. The van der Waals surface area contributed by atoms with Crippen molar-refractivity contribution in [2.45, 2.75) is 54.0 Å². The number of thiophene rings is 1. The lowest BCUT2D eigenvalue weighted by Crippen LogP contribution is -2.17. The number of ether oxygens (including phenoxy) is 2. The van der Waals surface area contributed by atoms with E-state index in [1.165, 1.54) is 0 Å². The van der Waals surface area contributed by atoms with Gasteiger partial charge in [-0.1, -0.05) is 6.92 Å². The Kier molecular flexibility index (Phi) is 8.60. The fraction of sp³-hybridized carbons (Fsp3) is 0.500. The summed E-state index contributed by atoms with van der Waals surface area (Å²) >= 11 is 4.48. The highest BCUT2D eigenvalue weighted by Gasteiger charge is 2.27. The van der Waals surface area contributed by atoms with Crippen LogP contribution in [0.2, 0.25) is 0 Å². The SMILES string of the molecule is CCCOC(=O)c1c(NC(=O)CCn2nc(C)c(Br)c2C)sc(C(=O)OCC)c1C. The van der Waals surface area contributed by atoms with E-state index >= 15 is 0 Å². The van der Waals surface area contributed by atoms with E-state index < -0.39 is 11.9 Å². The maximum absolute atomic E-state index is 12.6. The molecule has 0 atom stereocenters. The molecule has 8 nitrogen and oxygen atoms in total. The predicted molar refractivity (Wildman–Crippen MR) is 118 cm³/mol. The number of nitrogens with one attached hydrogen (secondary N) is 1. The normalized spacial score (nSPS) is 10.7. The molecule has 0 aliphatic rings. The van der Waals surface area contributed by atoms with Gasteiger partial charge in [-0.2, -0.15) is 5.10 Å². The minimum atomic E-state index is -0.570. The molecule has 0 fully saturated rings. The molecule has 2 aromatic rings. The molecule has 0 saturated heterocycles. The van der Waals surface area contributed by atoms with Gasteiger partial charge in [-0.05, 0) is 55.6 Å². The number of anilines is 1. The molecule has 1 amide bonds. The van der Waals surface area contributed by atoms with Crippen LogP contribution in [0.5, 0.6) is 0 Å². The van der Waals surface area contributed by atoms with E-state index in [1.54, 1.807) is 18.5 Å². The third-order valence-corrected chi connectivity index (χ3v) is 6.68. The summed E-state index contributed by atoms with van der Waals surface area (Å²) in [7, 11) is 0. The lowest BCUT2D eigenvalue weighted by atomic mass is 10.1. The summed E-state index contributed by atoms with van der Waals surface area (Å²) in [6.07, 6.45) is 0.823. The molecule has 2 heterocycles. The number of aryl methyl sites for hydroxylation is 2. The number of halogens is 1.